The fourth-order valence-corrected chi connectivity index (χ4v) is 0. The molecule has 0 saturated heterocycles. The number of nitrogens with zero attached hydrogens (tertiary/aromatic N) is 1. The lowest BCUT2D eigenvalue weighted by atomic mass is 10.1. The highest BCUT2D eigenvalue weighted by molar-refractivity contribution is 4.67. The van der Waals surface area contributed by atoms with Crippen molar-refractivity contribution in [2.75, 3.05) is 14.1 Å². The Morgan fingerprint density at radius 3 is 1.00 bits per heavy atom. The van der Waals surface area contributed by atoms with Gasteiger partial charge in [-0.25, -0.2) is 0 Å². The van der Waals surface area contributed by atoms with Gasteiger partial charge < -0.3 is 4.90 Å². The van der Waals surface area contributed by atoms with Crippen molar-refractivity contribution in [1.82, 2.24) is 4.90 Å². The minimum atomic E-state index is 0.333. The Morgan fingerprint density at radius 2 is 1.00 bits per heavy atom. The number of rotatable bonds is 0. The summed E-state index contributed by atoms with van der Waals surface area (Å²) in [5, 5.41) is 0. The Morgan fingerprint density at radius 1 is 0.889 bits per heavy atom. The lowest BCUT2D eigenvalue weighted by Gasteiger charge is -2.27. The van der Waals surface area contributed by atoms with E-state index in [1.165, 1.54) is 0 Å². The number of hydrogen-bond acceptors (Lipinski definition) is 1. The largest absolute Gasteiger partial charge is 0.305 e. The lowest BCUT2D eigenvalue weighted by molar-refractivity contribution is 0.219. The molecule has 1 nitrogen and oxygen atoms in total. The summed E-state index contributed by atoms with van der Waals surface area (Å²) in [6, 6.07) is 0. The average molecular weight is 131 g/mol. The second-order valence-electron chi connectivity index (χ2n) is 3.07. The first-order valence-corrected chi connectivity index (χ1v) is 3.62. The second kappa shape index (κ2) is 4.80. The van der Waals surface area contributed by atoms with E-state index in [1.807, 2.05) is 13.8 Å². The minimum Gasteiger partial charge on any atom is -0.305 e. The van der Waals surface area contributed by atoms with Gasteiger partial charge in [0.05, 0.1) is 0 Å². The van der Waals surface area contributed by atoms with Crippen molar-refractivity contribution in [1.29, 1.82) is 0 Å². The fourth-order valence-electron chi connectivity index (χ4n) is 0. The Labute approximate surface area is 60.1 Å². The van der Waals surface area contributed by atoms with Crippen LogP contribution in [0.15, 0.2) is 0 Å². The van der Waals surface area contributed by atoms with Crippen LogP contribution in [-0.2, 0) is 0 Å². The van der Waals surface area contributed by atoms with Crippen LogP contribution in [0.1, 0.15) is 34.6 Å². The molecule has 0 aromatic rings. The summed E-state index contributed by atoms with van der Waals surface area (Å²) in [7, 11) is 4.17. The smallest absolute Gasteiger partial charge is 0.0118 e. The van der Waals surface area contributed by atoms with Gasteiger partial charge in [-0.3, -0.25) is 0 Å². The number of hydrogen-bond donors (Lipinski definition) is 0. The molecule has 0 bridgehead atoms. The molecule has 0 radical (unpaired) electrons. The van der Waals surface area contributed by atoms with E-state index >= 15 is 0 Å². The molecule has 0 saturated carbocycles. The van der Waals surface area contributed by atoms with Gasteiger partial charge in [-0.05, 0) is 34.9 Å². The normalized spacial score (nSPS) is 10.7. The van der Waals surface area contributed by atoms with Gasteiger partial charge in [0.15, 0.2) is 0 Å². The highest BCUT2D eigenvalue weighted by atomic mass is 15.1. The van der Waals surface area contributed by atoms with Crippen molar-refractivity contribution in [3.05, 3.63) is 0 Å². The molecule has 0 aliphatic carbocycles. The maximum Gasteiger partial charge on any atom is 0.0118 e. The van der Waals surface area contributed by atoms with Gasteiger partial charge in [-0.2, -0.15) is 0 Å². The Hall–Kier alpha value is -0.0400. The van der Waals surface area contributed by atoms with Crippen LogP contribution in [0.3, 0.4) is 0 Å². The van der Waals surface area contributed by atoms with Gasteiger partial charge in [-0.15, -0.1) is 0 Å². The summed E-state index contributed by atoms with van der Waals surface area (Å²) in [5.41, 5.74) is 0.333. The van der Waals surface area contributed by atoms with Crippen LogP contribution < -0.4 is 0 Å². The van der Waals surface area contributed by atoms with E-state index in [0.29, 0.717) is 5.54 Å². The minimum absolute atomic E-state index is 0.333. The maximum absolute atomic E-state index is 2.19. The summed E-state index contributed by atoms with van der Waals surface area (Å²) in [5.74, 6) is 0. The molecule has 0 amide bonds. The predicted molar refractivity (Wildman–Crippen MR) is 44.8 cm³/mol. The Kier molecular flexibility index (Phi) is 6.25. The maximum atomic E-state index is 2.19. The Bertz CT molecular complexity index is 50.1. The molecule has 0 N–H and O–H groups in total. The van der Waals surface area contributed by atoms with Crippen LogP contribution in [0.25, 0.3) is 0 Å². The first kappa shape index (κ1) is 11.7. The summed E-state index contributed by atoms with van der Waals surface area (Å²) >= 11 is 0. The molecular weight excluding hydrogens is 110 g/mol. The zero-order chi connectivity index (χ0) is 8.08. The molecule has 0 aromatic carbocycles. The van der Waals surface area contributed by atoms with E-state index < -0.39 is 0 Å². The third kappa shape index (κ3) is 7.96. The molecular formula is C8H21N. The average Bonchev–Trinajstić information content (AvgIpc) is 1.69. The van der Waals surface area contributed by atoms with Crippen LogP contribution in [-0.4, -0.2) is 24.5 Å². The van der Waals surface area contributed by atoms with Gasteiger partial charge >= 0.3 is 0 Å². The molecule has 0 heterocycles. The van der Waals surface area contributed by atoms with Gasteiger partial charge in [-0.1, -0.05) is 13.8 Å². The molecule has 0 atom stereocenters. The van der Waals surface area contributed by atoms with Gasteiger partial charge in [0.2, 0.25) is 0 Å². The van der Waals surface area contributed by atoms with Crippen LogP contribution in [0.2, 0.25) is 0 Å². The van der Waals surface area contributed by atoms with E-state index in [0.717, 1.165) is 0 Å². The standard InChI is InChI=1S/C6H15N.C2H6/c1-6(2,3)7(4)5;1-2/h1-5H3;1-2H3. The molecule has 0 unspecified atom stereocenters. The van der Waals surface area contributed by atoms with E-state index in [2.05, 4.69) is 39.8 Å². The summed E-state index contributed by atoms with van der Waals surface area (Å²) < 4.78 is 0. The van der Waals surface area contributed by atoms with E-state index in [4.69, 9.17) is 0 Å². The fraction of sp³-hybridized carbons (Fsp3) is 1.00. The third-order valence-electron chi connectivity index (χ3n) is 1.34. The van der Waals surface area contributed by atoms with Crippen LogP contribution in [0.5, 0.6) is 0 Å². The van der Waals surface area contributed by atoms with Crippen molar-refractivity contribution < 1.29 is 0 Å². The molecule has 0 spiro atoms. The molecule has 0 fully saturated rings. The Balaban J connectivity index is 0. The van der Waals surface area contributed by atoms with Crippen LogP contribution in [0, 0.1) is 0 Å². The zero-order valence-electron chi connectivity index (χ0n) is 7.95. The van der Waals surface area contributed by atoms with Crippen molar-refractivity contribution in [3.63, 3.8) is 0 Å². The molecule has 0 aliphatic heterocycles. The van der Waals surface area contributed by atoms with E-state index in [1.54, 1.807) is 0 Å². The summed E-state index contributed by atoms with van der Waals surface area (Å²) in [6.07, 6.45) is 0. The SMILES string of the molecule is CC.CN(C)C(C)(C)C. The van der Waals surface area contributed by atoms with E-state index in [-0.39, 0.29) is 0 Å². The van der Waals surface area contributed by atoms with Crippen molar-refractivity contribution in [2.45, 2.75) is 40.2 Å². The zero-order valence-corrected chi connectivity index (χ0v) is 7.95. The summed E-state index contributed by atoms with van der Waals surface area (Å²) in [6.45, 7) is 10.6. The summed E-state index contributed by atoms with van der Waals surface area (Å²) in [4.78, 5) is 2.19. The quantitative estimate of drug-likeness (QED) is 0.488. The van der Waals surface area contributed by atoms with Crippen molar-refractivity contribution in [3.8, 4) is 0 Å². The molecule has 0 aliphatic rings. The second-order valence-corrected chi connectivity index (χ2v) is 3.07. The first-order chi connectivity index (χ1) is 3.94. The van der Waals surface area contributed by atoms with Gasteiger partial charge in [0.1, 0.15) is 0 Å². The third-order valence-corrected chi connectivity index (χ3v) is 1.34. The van der Waals surface area contributed by atoms with Crippen molar-refractivity contribution >= 4 is 0 Å². The lowest BCUT2D eigenvalue weighted by Crippen LogP contribution is -2.34. The van der Waals surface area contributed by atoms with Crippen molar-refractivity contribution in [2.24, 2.45) is 0 Å². The van der Waals surface area contributed by atoms with Gasteiger partial charge in [0.25, 0.3) is 0 Å². The van der Waals surface area contributed by atoms with Crippen LogP contribution >= 0.6 is 0 Å². The molecule has 58 valence electrons. The van der Waals surface area contributed by atoms with Gasteiger partial charge in [0, 0.05) is 5.54 Å². The monoisotopic (exact) mass is 131 g/mol. The highest BCUT2D eigenvalue weighted by Gasteiger charge is 2.10. The first-order valence-electron chi connectivity index (χ1n) is 3.62. The van der Waals surface area contributed by atoms with E-state index in [9.17, 15) is 0 Å². The molecule has 0 rings (SSSR count). The highest BCUT2D eigenvalue weighted by Crippen LogP contribution is 2.05. The molecule has 0 aromatic heterocycles. The molecule has 1 heteroatoms. The molecule has 9 heavy (non-hydrogen) atoms. The topological polar surface area (TPSA) is 3.24 Å². The predicted octanol–water partition coefficient (Wildman–Crippen LogP) is 2.37. The van der Waals surface area contributed by atoms with Crippen LogP contribution in [0.4, 0.5) is 0 Å².